The molecule has 3 aliphatic heterocycles. The molecule has 3 fully saturated rings. The summed E-state index contributed by atoms with van der Waals surface area (Å²) in [4.78, 5) is 30.5. The molecule has 3 heterocycles. The molecule has 6 nitrogen and oxygen atoms in total. The highest BCUT2D eigenvalue weighted by atomic mass is 31.0. The van der Waals surface area contributed by atoms with Crippen LogP contribution in [0.15, 0.2) is 23.2 Å². The summed E-state index contributed by atoms with van der Waals surface area (Å²) in [5, 5.41) is 7.87. The first-order valence-electron chi connectivity index (χ1n) is 7.48. The van der Waals surface area contributed by atoms with Crippen molar-refractivity contribution in [3.63, 3.8) is 0 Å². The minimum atomic E-state index is 0.00546. The minimum absolute atomic E-state index is 0.00546. The third-order valence-electron chi connectivity index (χ3n) is 3.69. The van der Waals surface area contributed by atoms with E-state index in [1.54, 1.807) is 0 Å². The zero-order chi connectivity index (χ0) is 15.9. The number of nitrogens with zero attached hydrogens (tertiary/aromatic N) is 4. The molecule has 3 saturated heterocycles. The van der Waals surface area contributed by atoms with Gasteiger partial charge < -0.3 is 14.7 Å². The lowest BCUT2D eigenvalue weighted by atomic mass is 10.0. The van der Waals surface area contributed by atoms with Gasteiger partial charge in [0.15, 0.2) is 0 Å². The Hall–Kier alpha value is -1.86. The number of hydrogen-bond donors (Lipinski definition) is 0. The van der Waals surface area contributed by atoms with Gasteiger partial charge in [-0.3, -0.25) is 9.59 Å². The van der Waals surface area contributed by atoms with Crippen molar-refractivity contribution >= 4 is 20.8 Å². The van der Waals surface area contributed by atoms with E-state index in [0.717, 1.165) is 39.3 Å². The number of Topliss-reactive ketones (excluding diaryl/α,β-unsaturated/α-hetero) is 1. The zero-order valence-electron chi connectivity index (χ0n) is 12.6. The monoisotopic (exact) mass is 318 g/mol. The van der Waals surface area contributed by atoms with Crippen LogP contribution in [0, 0.1) is 11.3 Å². The van der Waals surface area contributed by atoms with E-state index in [1.807, 2.05) is 27.7 Å². The van der Waals surface area contributed by atoms with Gasteiger partial charge in [-0.05, 0) is 6.92 Å². The molecular formula is C15H19N4O2P. The maximum Gasteiger partial charge on any atom is 0.227 e. The molecule has 0 radical (unpaired) electrons. The largest absolute Gasteiger partial charge is 0.365 e. The first-order valence-corrected chi connectivity index (χ1v) is 8.14. The SMILES string of the molecule is CC(P)C#N.O=C1C=C(N2CC2)C(=O)C(N2CC2)=C1N1CC1. The average Bonchev–Trinajstić information content (AvgIpc) is 3.34. The molecule has 1 aliphatic carbocycles. The molecule has 7 heteroatoms. The average molecular weight is 318 g/mol. The molecule has 0 bridgehead atoms. The Kier molecular flexibility index (Phi) is 3.92. The Morgan fingerprint density at radius 2 is 1.50 bits per heavy atom. The summed E-state index contributed by atoms with van der Waals surface area (Å²) in [5.74, 6) is 0.0485. The summed E-state index contributed by atoms with van der Waals surface area (Å²) >= 11 is 0. The third-order valence-corrected chi connectivity index (χ3v) is 3.84. The molecule has 116 valence electrons. The number of ketones is 2. The highest BCUT2D eigenvalue weighted by molar-refractivity contribution is 7.18. The molecule has 0 N–H and O–H groups in total. The van der Waals surface area contributed by atoms with Crippen molar-refractivity contribution in [1.82, 2.24) is 14.7 Å². The van der Waals surface area contributed by atoms with Crippen LogP contribution in [-0.4, -0.2) is 71.2 Å². The first kappa shape index (κ1) is 15.1. The smallest absolute Gasteiger partial charge is 0.227 e. The van der Waals surface area contributed by atoms with Crippen molar-refractivity contribution < 1.29 is 9.59 Å². The van der Waals surface area contributed by atoms with Crippen LogP contribution in [0.3, 0.4) is 0 Å². The lowest BCUT2D eigenvalue weighted by molar-refractivity contribution is -0.117. The standard InChI is InChI=1S/C12H13N3O2.C3H6NP/c16-9-7-8(13-1-2-13)12(17)11(15-5-6-15)10(9)14-3-4-14;1-3(5)2-4/h7H,1-6H2;3H,5H2,1H3. The van der Waals surface area contributed by atoms with Crippen molar-refractivity contribution in [3.05, 3.63) is 23.2 Å². The summed E-state index contributed by atoms with van der Waals surface area (Å²) in [6.07, 6.45) is 1.52. The Morgan fingerprint density at radius 3 is 1.91 bits per heavy atom. The van der Waals surface area contributed by atoms with E-state index in [4.69, 9.17) is 5.26 Å². The van der Waals surface area contributed by atoms with Crippen LogP contribution >= 0.6 is 9.24 Å². The lowest BCUT2D eigenvalue weighted by Gasteiger charge is -2.21. The molecule has 0 spiro atoms. The van der Waals surface area contributed by atoms with Crippen LogP contribution in [0.1, 0.15) is 6.92 Å². The molecule has 2 atom stereocenters. The number of allylic oxidation sites excluding steroid dienone is 1. The summed E-state index contributed by atoms with van der Waals surface area (Å²) in [6, 6.07) is 1.99. The second-order valence-corrected chi connectivity index (χ2v) is 6.80. The fourth-order valence-electron chi connectivity index (χ4n) is 2.28. The molecule has 0 aromatic rings. The fraction of sp³-hybridized carbons (Fsp3) is 0.533. The van der Waals surface area contributed by atoms with Crippen molar-refractivity contribution in [2.45, 2.75) is 12.6 Å². The topological polar surface area (TPSA) is 67.0 Å². The summed E-state index contributed by atoms with van der Waals surface area (Å²) in [5.41, 5.74) is 1.99. The molecule has 0 aromatic heterocycles. The van der Waals surface area contributed by atoms with Crippen LogP contribution in [0.5, 0.6) is 0 Å². The van der Waals surface area contributed by atoms with Gasteiger partial charge in [0.25, 0.3) is 0 Å². The highest BCUT2D eigenvalue weighted by Gasteiger charge is 2.43. The first-order chi connectivity index (χ1) is 10.5. The van der Waals surface area contributed by atoms with Gasteiger partial charge in [0.2, 0.25) is 11.6 Å². The maximum absolute atomic E-state index is 12.4. The Morgan fingerprint density at radius 1 is 1.05 bits per heavy atom. The van der Waals surface area contributed by atoms with Gasteiger partial charge in [0, 0.05) is 45.3 Å². The molecular weight excluding hydrogens is 299 g/mol. The van der Waals surface area contributed by atoms with Gasteiger partial charge in [-0.25, -0.2) is 0 Å². The number of nitriles is 1. The quantitative estimate of drug-likeness (QED) is 0.413. The van der Waals surface area contributed by atoms with Crippen molar-refractivity contribution in [2.75, 3.05) is 39.3 Å². The van der Waals surface area contributed by atoms with Crippen LogP contribution in [0.4, 0.5) is 0 Å². The number of rotatable bonds is 3. The van der Waals surface area contributed by atoms with Crippen molar-refractivity contribution in [3.8, 4) is 6.07 Å². The van der Waals surface area contributed by atoms with Gasteiger partial charge in [-0.15, -0.1) is 9.24 Å². The molecule has 0 saturated carbocycles. The number of carbonyl (C=O) groups is 2. The van der Waals surface area contributed by atoms with Gasteiger partial charge in [0.1, 0.15) is 11.4 Å². The molecule has 4 rings (SSSR count). The molecule has 0 aromatic carbocycles. The van der Waals surface area contributed by atoms with Crippen LogP contribution in [-0.2, 0) is 9.59 Å². The normalized spacial score (nSPS) is 23.5. The number of hydrogen-bond acceptors (Lipinski definition) is 6. The third kappa shape index (κ3) is 3.15. The molecule has 0 amide bonds. The Balaban J connectivity index is 0.000000254. The van der Waals surface area contributed by atoms with Crippen molar-refractivity contribution in [2.24, 2.45) is 0 Å². The summed E-state index contributed by atoms with van der Waals surface area (Å²) < 4.78 is 0. The van der Waals surface area contributed by atoms with E-state index in [0.29, 0.717) is 17.1 Å². The van der Waals surface area contributed by atoms with Crippen molar-refractivity contribution in [1.29, 1.82) is 5.26 Å². The summed E-state index contributed by atoms with van der Waals surface area (Å²) in [7, 11) is 2.37. The Labute approximate surface area is 132 Å². The second kappa shape index (κ2) is 5.73. The van der Waals surface area contributed by atoms with E-state index in [9.17, 15) is 9.59 Å². The second-order valence-electron chi connectivity index (χ2n) is 5.80. The van der Waals surface area contributed by atoms with Gasteiger partial charge >= 0.3 is 0 Å². The van der Waals surface area contributed by atoms with E-state index < -0.39 is 0 Å². The summed E-state index contributed by atoms with van der Waals surface area (Å²) in [6.45, 7) is 7.23. The van der Waals surface area contributed by atoms with E-state index in [1.165, 1.54) is 6.08 Å². The fourth-order valence-corrected chi connectivity index (χ4v) is 2.28. The van der Waals surface area contributed by atoms with Gasteiger partial charge in [0.05, 0.1) is 17.4 Å². The minimum Gasteiger partial charge on any atom is -0.365 e. The maximum atomic E-state index is 12.4. The number of carbonyl (C=O) groups excluding carboxylic acids is 2. The molecule has 2 unspecified atom stereocenters. The van der Waals surface area contributed by atoms with Crippen LogP contribution < -0.4 is 0 Å². The van der Waals surface area contributed by atoms with E-state index in [-0.39, 0.29) is 17.2 Å². The molecule has 4 aliphatic rings. The van der Waals surface area contributed by atoms with Gasteiger partial charge in [-0.1, -0.05) is 0 Å². The van der Waals surface area contributed by atoms with Crippen LogP contribution in [0.2, 0.25) is 0 Å². The zero-order valence-corrected chi connectivity index (χ0v) is 13.7. The van der Waals surface area contributed by atoms with E-state index in [2.05, 4.69) is 9.24 Å². The predicted molar refractivity (Wildman–Crippen MR) is 84.6 cm³/mol. The Bertz CT molecular complexity index is 620. The van der Waals surface area contributed by atoms with Crippen LogP contribution in [0.25, 0.3) is 0 Å². The lowest BCUT2D eigenvalue weighted by Crippen LogP contribution is -2.29. The highest BCUT2D eigenvalue weighted by Crippen LogP contribution is 2.33. The van der Waals surface area contributed by atoms with Gasteiger partial charge in [-0.2, -0.15) is 5.26 Å². The van der Waals surface area contributed by atoms with E-state index >= 15 is 0 Å². The molecule has 22 heavy (non-hydrogen) atoms. The predicted octanol–water partition coefficient (Wildman–Crippen LogP) is -0.0459.